The quantitative estimate of drug-likeness (QED) is 0.798. The normalized spacial score (nSPS) is 22.4. The number of carbonyl (C=O) groups excluding carboxylic acids is 1. The van der Waals surface area contributed by atoms with Crippen molar-refractivity contribution in [1.29, 1.82) is 0 Å². The number of ether oxygens (including phenoxy) is 2. The Balaban J connectivity index is 1.94. The highest BCUT2D eigenvalue weighted by atomic mass is 32.2. The lowest BCUT2D eigenvalue weighted by atomic mass is 10.5. The number of nitrogens with two attached hydrogens (primary N) is 1. The third kappa shape index (κ3) is 3.48. The number of thioether (sulfide) groups is 1. The second-order valence-corrected chi connectivity index (χ2v) is 5.12. The van der Waals surface area contributed by atoms with Gasteiger partial charge in [-0.2, -0.15) is 4.98 Å². The van der Waals surface area contributed by atoms with E-state index in [9.17, 15) is 9.59 Å². The SMILES string of the molecule is CCC(=O)OC[C@H]1O[C@@H](n2ccc(N)nc2=O)CS1. The maximum Gasteiger partial charge on any atom is 0.351 e. The molecule has 1 fully saturated rings. The van der Waals surface area contributed by atoms with Crippen molar-refractivity contribution in [2.45, 2.75) is 25.0 Å². The van der Waals surface area contributed by atoms with Crippen molar-refractivity contribution in [1.82, 2.24) is 9.55 Å². The van der Waals surface area contributed by atoms with E-state index in [0.717, 1.165) is 0 Å². The first kappa shape index (κ1) is 13.9. The van der Waals surface area contributed by atoms with Crippen LogP contribution in [0.1, 0.15) is 19.6 Å². The highest BCUT2D eigenvalue weighted by Crippen LogP contribution is 2.31. The minimum Gasteiger partial charge on any atom is -0.462 e. The zero-order valence-corrected chi connectivity index (χ0v) is 11.3. The number of esters is 1. The second-order valence-electron chi connectivity index (χ2n) is 3.93. The van der Waals surface area contributed by atoms with Gasteiger partial charge in [-0.25, -0.2) is 4.79 Å². The van der Waals surface area contributed by atoms with Gasteiger partial charge in [0.25, 0.3) is 0 Å². The average molecular weight is 285 g/mol. The van der Waals surface area contributed by atoms with E-state index in [2.05, 4.69) is 4.98 Å². The van der Waals surface area contributed by atoms with Crippen LogP contribution in [0, 0.1) is 0 Å². The third-order valence-corrected chi connectivity index (χ3v) is 3.66. The van der Waals surface area contributed by atoms with Gasteiger partial charge >= 0.3 is 11.7 Å². The predicted octanol–water partition coefficient (Wildman–Crippen LogP) is 0.367. The molecule has 0 radical (unpaired) electrons. The molecule has 1 aliphatic rings. The van der Waals surface area contributed by atoms with E-state index in [-0.39, 0.29) is 23.8 Å². The van der Waals surface area contributed by atoms with Gasteiger partial charge in [0.05, 0.1) is 0 Å². The molecule has 1 aromatic rings. The molecule has 1 saturated heterocycles. The molecule has 7 nitrogen and oxygen atoms in total. The molecule has 8 heteroatoms. The number of aromatic nitrogens is 2. The smallest absolute Gasteiger partial charge is 0.351 e. The summed E-state index contributed by atoms with van der Waals surface area (Å²) in [5.41, 5.74) is 4.72. The Labute approximate surface area is 114 Å². The van der Waals surface area contributed by atoms with Crippen LogP contribution in [-0.2, 0) is 14.3 Å². The number of nitrogen functional groups attached to an aromatic ring is 1. The molecule has 0 amide bonds. The van der Waals surface area contributed by atoms with Crippen molar-refractivity contribution in [2.75, 3.05) is 18.1 Å². The largest absolute Gasteiger partial charge is 0.462 e. The fraction of sp³-hybridized carbons (Fsp3) is 0.545. The van der Waals surface area contributed by atoms with Crippen molar-refractivity contribution >= 4 is 23.5 Å². The molecule has 0 unspecified atom stereocenters. The molecular weight excluding hydrogens is 270 g/mol. The molecule has 19 heavy (non-hydrogen) atoms. The molecule has 1 aliphatic heterocycles. The van der Waals surface area contributed by atoms with Gasteiger partial charge in [-0.15, -0.1) is 11.8 Å². The van der Waals surface area contributed by atoms with Crippen LogP contribution in [0.4, 0.5) is 5.82 Å². The minimum absolute atomic E-state index is 0.181. The zero-order valence-electron chi connectivity index (χ0n) is 10.4. The van der Waals surface area contributed by atoms with E-state index in [0.29, 0.717) is 12.2 Å². The highest BCUT2D eigenvalue weighted by molar-refractivity contribution is 8.00. The lowest BCUT2D eigenvalue weighted by Crippen LogP contribution is -2.29. The topological polar surface area (TPSA) is 96.4 Å². The molecule has 2 N–H and O–H groups in total. The zero-order chi connectivity index (χ0) is 13.8. The minimum atomic E-state index is -0.447. The van der Waals surface area contributed by atoms with Crippen LogP contribution in [0.3, 0.4) is 0 Å². The summed E-state index contributed by atoms with van der Waals surface area (Å²) in [6.07, 6.45) is 1.48. The summed E-state index contributed by atoms with van der Waals surface area (Å²) in [5, 5.41) is 0. The van der Waals surface area contributed by atoms with Gasteiger partial charge in [0.1, 0.15) is 24.1 Å². The summed E-state index contributed by atoms with van der Waals surface area (Å²) < 4.78 is 12.0. The van der Waals surface area contributed by atoms with E-state index in [1.54, 1.807) is 19.2 Å². The summed E-state index contributed by atoms with van der Waals surface area (Å²) in [6, 6.07) is 1.54. The molecule has 2 heterocycles. The van der Waals surface area contributed by atoms with Gasteiger partial charge in [0.15, 0.2) is 0 Å². The van der Waals surface area contributed by atoms with Crippen molar-refractivity contribution in [3.63, 3.8) is 0 Å². The molecule has 0 spiro atoms. The van der Waals surface area contributed by atoms with Gasteiger partial charge in [0.2, 0.25) is 0 Å². The number of hydrogen-bond acceptors (Lipinski definition) is 7. The molecule has 0 saturated carbocycles. The number of nitrogens with zero attached hydrogens (tertiary/aromatic N) is 2. The highest BCUT2D eigenvalue weighted by Gasteiger charge is 2.28. The molecule has 1 aromatic heterocycles. The maximum absolute atomic E-state index is 11.6. The van der Waals surface area contributed by atoms with E-state index in [4.69, 9.17) is 15.2 Å². The molecule has 104 valence electrons. The molecule has 2 atom stereocenters. The average Bonchev–Trinajstić information content (AvgIpc) is 2.84. The first-order chi connectivity index (χ1) is 9.10. The lowest BCUT2D eigenvalue weighted by molar-refractivity contribution is -0.146. The van der Waals surface area contributed by atoms with Crippen LogP contribution < -0.4 is 11.4 Å². The Morgan fingerprint density at radius 1 is 1.74 bits per heavy atom. The van der Waals surface area contributed by atoms with Crippen LogP contribution >= 0.6 is 11.8 Å². The molecule has 0 aromatic carbocycles. The fourth-order valence-corrected chi connectivity index (χ4v) is 2.57. The number of rotatable bonds is 4. The van der Waals surface area contributed by atoms with Crippen LogP contribution in [-0.4, -0.2) is 33.3 Å². The summed E-state index contributed by atoms with van der Waals surface area (Å²) in [6.45, 7) is 1.92. The van der Waals surface area contributed by atoms with E-state index >= 15 is 0 Å². The van der Waals surface area contributed by atoms with Crippen LogP contribution in [0.15, 0.2) is 17.1 Å². The van der Waals surface area contributed by atoms with Crippen molar-refractivity contribution in [3.8, 4) is 0 Å². The number of hydrogen-bond donors (Lipinski definition) is 1. The number of anilines is 1. The summed E-state index contributed by atoms with van der Waals surface area (Å²) in [7, 11) is 0. The standard InChI is InChI=1S/C11H15N3O4S/c1-2-9(15)17-5-10-18-8(6-19-10)14-4-3-7(12)13-11(14)16/h3-4,8,10H,2,5-6H2,1H3,(H2,12,13,16)/t8-,10+/m1/s1. The maximum atomic E-state index is 11.6. The van der Waals surface area contributed by atoms with Crippen LogP contribution in [0.25, 0.3) is 0 Å². The lowest BCUT2D eigenvalue weighted by Gasteiger charge is -2.14. The summed E-state index contributed by atoms with van der Waals surface area (Å²) in [4.78, 5) is 26.3. The summed E-state index contributed by atoms with van der Waals surface area (Å²) in [5.74, 6) is 0.513. The van der Waals surface area contributed by atoms with Gasteiger partial charge in [-0.1, -0.05) is 6.92 Å². The van der Waals surface area contributed by atoms with E-state index in [1.807, 2.05) is 0 Å². The fourth-order valence-electron chi connectivity index (χ4n) is 1.58. The number of carbonyl (C=O) groups is 1. The second kappa shape index (κ2) is 6.07. The van der Waals surface area contributed by atoms with Crippen molar-refractivity contribution < 1.29 is 14.3 Å². The Morgan fingerprint density at radius 2 is 2.53 bits per heavy atom. The van der Waals surface area contributed by atoms with Gasteiger partial charge in [-0.05, 0) is 6.07 Å². The van der Waals surface area contributed by atoms with E-state index in [1.165, 1.54) is 16.3 Å². The Kier molecular flexibility index (Phi) is 4.43. The van der Waals surface area contributed by atoms with Gasteiger partial charge < -0.3 is 15.2 Å². The molecule has 0 bridgehead atoms. The monoisotopic (exact) mass is 285 g/mol. The molecule has 2 rings (SSSR count). The van der Waals surface area contributed by atoms with Gasteiger partial charge in [-0.3, -0.25) is 9.36 Å². The Hall–Kier alpha value is -1.54. The predicted molar refractivity (Wildman–Crippen MR) is 70.5 cm³/mol. The van der Waals surface area contributed by atoms with Crippen LogP contribution in [0.2, 0.25) is 0 Å². The van der Waals surface area contributed by atoms with Crippen molar-refractivity contribution in [2.24, 2.45) is 0 Å². The summed E-state index contributed by atoms with van der Waals surface area (Å²) >= 11 is 1.49. The Morgan fingerprint density at radius 3 is 3.21 bits per heavy atom. The third-order valence-electron chi connectivity index (χ3n) is 2.56. The molecule has 0 aliphatic carbocycles. The van der Waals surface area contributed by atoms with Crippen LogP contribution in [0.5, 0.6) is 0 Å². The van der Waals surface area contributed by atoms with E-state index < -0.39 is 11.9 Å². The first-order valence-electron chi connectivity index (χ1n) is 5.87. The first-order valence-corrected chi connectivity index (χ1v) is 6.92. The Bertz CT molecular complexity index is 519. The van der Waals surface area contributed by atoms with Crippen molar-refractivity contribution in [3.05, 3.63) is 22.7 Å². The van der Waals surface area contributed by atoms with Gasteiger partial charge in [0, 0.05) is 18.4 Å². The molecular formula is C11H15N3O4S.